The van der Waals surface area contributed by atoms with Crippen LogP contribution in [0.15, 0.2) is 29.9 Å². The van der Waals surface area contributed by atoms with E-state index >= 15 is 0 Å². The van der Waals surface area contributed by atoms with Crippen LogP contribution in [0.25, 0.3) is 0 Å². The third kappa shape index (κ3) is 4.36. The number of aromatic nitrogens is 2. The molecule has 1 atom stereocenters. The summed E-state index contributed by atoms with van der Waals surface area (Å²) in [4.78, 5) is 26.6. The second-order valence-corrected chi connectivity index (χ2v) is 8.51. The number of pyridine rings is 1. The lowest BCUT2D eigenvalue weighted by Gasteiger charge is -2.40. The molecule has 0 bridgehead atoms. The Morgan fingerprint density at radius 3 is 2.89 bits per heavy atom. The van der Waals surface area contributed by atoms with Crippen molar-refractivity contribution in [3.63, 3.8) is 0 Å². The summed E-state index contributed by atoms with van der Waals surface area (Å²) in [6.45, 7) is 7.33. The van der Waals surface area contributed by atoms with Crippen molar-refractivity contribution < 1.29 is 4.79 Å². The number of likely N-dealkylation sites (tertiary alicyclic amines) is 1. The number of hydrogen-bond acceptors (Lipinski definition) is 6. The van der Waals surface area contributed by atoms with Crippen molar-refractivity contribution in [3.05, 3.63) is 46.2 Å². The minimum Gasteiger partial charge on any atom is -0.333 e. The number of nitrogens with zero attached hydrogens (tertiary/aromatic N) is 4. The average molecular weight is 386 g/mol. The number of aryl methyl sites for hydroxylation is 1. The standard InChI is InChI=1S/C20H27N5OS/c1-15-23-18(14-27-15)13-24-8-4-16(5-9-24)20(26)25-10-7-22-12-19(25)17-3-2-6-21-11-17/h2-3,6,11,14,16,19,22H,4-5,7-10,12-13H2,1H3. The van der Waals surface area contributed by atoms with Crippen LogP contribution in [0.4, 0.5) is 0 Å². The monoisotopic (exact) mass is 385 g/mol. The van der Waals surface area contributed by atoms with Crippen molar-refractivity contribution in [2.75, 3.05) is 32.7 Å². The molecule has 0 radical (unpaired) electrons. The number of thiazole rings is 1. The number of hydrogen-bond donors (Lipinski definition) is 1. The lowest BCUT2D eigenvalue weighted by atomic mass is 9.93. The number of nitrogens with one attached hydrogen (secondary N) is 1. The van der Waals surface area contributed by atoms with Crippen LogP contribution in [0.5, 0.6) is 0 Å². The lowest BCUT2D eigenvalue weighted by molar-refractivity contribution is -0.140. The Kier molecular flexibility index (Phi) is 5.80. The van der Waals surface area contributed by atoms with Crippen molar-refractivity contribution in [1.82, 2.24) is 25.1 Å². The summed E-state index contributed by atoms with van der Waals surface area (Å²) in [5.41, 5.74) is 2.27. The van der Waals surface area contributed by atoms with E-state index in [0.29, 0.717) is 5.91 Å². The Hall–Kier alpha value is -1.83. The Morgan fingerprint density at radius 2 is 2.19 bits per heavy atom. The minimum atomic E-state index is 0.0935. The fourth-order valence-electron chi connectivity index (χ4n) is 4.12. The normalized spacial score (nSPS) is 22.1. The van der Waals surface area contributed by atoms with E-state index in [0.717, 1.165) is 68.4 Å². The summed E-state index contributed by atoms with van der Waals surface area (Å²) in [6.07, 6.45) is 5.54. The molecule has 1 unspecified atom stereocenters. The summed E-state index contributed by atoms with van der Waals surface area (Å²) in [6, 6.07) is 4.12. The maximum absolute atomic E-state index is 13.3. The van der Waals surface area contributed by atoms with Crippen molar-refractivity contribution in [3.8, 4) is 0 Å². The lowest BCUT2D eigenvalue weighted by Crippen LogP contribution is -2.51. The second-order valence-electron chi connectivity index (χ2n) is 7.45. The Bertz CT molecular complexity index is 757. The van der Waals surface area contributed by atoms with Gasteiger partial charge in [-0.1, -0.05) is 6.07 Å². The molecule has 2 aliphatic rings. The number of amides is 1. The molecule has 7 heteroatoms. The number of rotatable bonds is 4. The van der Waals surface area contributed by atoms with Crippen molar-refractivity contribution in [2.45, 2.75) is 32.4 Å². The van der Waals surface area contributed by atoms with Crippen LogP contribution in [0, 0.1) is 12.8 Å². The van der Waals surface area contributed by atoms with Crippen LogP contribution < -0.4 is 5.32 Å². The maximum atomic E-state index is 13.3. The van der Waals surface area contributed by atoms with Gasteiger partial charge in [0.2, 0.25) is 5.91 Å². The van der Waals surface area contributed by atoms with Crippen molar-refractivity contribution in [1.29, 1.82) is 0 Å². The molecule has 2 aliphatic heterocycles. The highest BCUT2D eigenvalue weighted by atomic mass is 32.1. The van der Waals surface area contributed by atoms with E-state index in [1.165, 1.54) is 0 Å². The highest BCUT2D eigenvalue weighted by molar-refractivity contribution is 7.09. The summed E-state index contributed by atoms with van der Waals surface area (Å²) in [5, 5.41) is 6.69. The van der Waals surface area contributed by atoms with E-state index in [1.807, 2.05) is 19.2 Å². The number of piperidine rings is 1. The van der Waals surface area contributed by atoms with Crippen LogP contribution in [-0.4, -0.2) is 58.4 Å². The van der Waals surface area contributed by atoms with Gasteiger partial charge in [0.15, 0.2) is 0 Å². The van der Waals surface area contributed by atoms with Crippen molar-refractivity contribution in [2.24, 2.45) is 5.92 Å². The fourth-order valence-corrected chi connectivity index (χ4v) is 4.73. The first-order valence-corrected chi connectivity index (χ1v) is 10.6. The highest BCUT2D eigenvalue weighted by Crippen LogP contribution is 2.27. The Labute approximate surface area is 164 Å². The highest BCUT2D eigenvalue weighted by Gasteiger charge is 2.34. The molecule has 0 aromatic carbocycles. The van der Waals surface area contributed by atoms with E-state index in [1.54, 1.807) is 17.5 Å². The molecule has 2 saturated heterocycles. The third-order valence-electron chi connectivity index (χ3n) is 5.58. The molecule has 27 heavy (non-hydrogen) atoms. The first kappa shape index (κ1) is 18.5. The molecule has 0 aliphatic carbocycles. The molecule has 4 heterocycles. The van der Waals surface area contributed by atoms with Crippen LogP contribution in [0.1, 0.15) is 35.1 Å². The predicted octanol–water partition coefficient (Wildman–Crippen LogP) is 2.23. The molecule has 2 aromatic rings. The van der Waals surface area contributed by atoms with Crippen LogP contribution in [-0.2, 0) is 11.3 Å². The van der Waals surface area contributed by atoms with Crippen LogP contribution in [0.3, 0.4) is 0 Å². The molecule has 0 spiro atoms. The molecule has 4 rings (SSSR count). The van der Waals surface area contributed by atoms with Gasteiger partial charge in [0.25, 0.3) is 0 Å². The smallest absolute Gasteiger partial charge is 0.226 e. The molecule has 1 amide bonds. The molecule has 2 aromatic heterocycles. The molecular weight excluding hydrogens is 358 g/mol. The van der Waals surface area contributed by atoms with Gasteiger partial charge in [0, 0.05) is 49.9 Å². The molecule has 6 nitrogen and oxygen atoms in total. The van der Waals surface area contributed by atoms with E-state index < -0.39 is 0 Å². The zero-order valence-electron chi connectivity index (χ0n) is 15.8. The van der Waals surface area contributed by atoms with Gasteiger partial charge in [-0.25, -0.2) is 4.98 Å². The molecule has 0 saturated carbocycles. The molecule has 2 fully saturated rings. The summed E-state index contributed by atoms with van der Waals surface area (Å²) >= 11 is 1.71. The topological polar surface area (TPSA) is 61.4 Å². The van der Waals surface area contributed by atoms with Crippen LogP contribution >= 0.6 is 11.3 Å². The van der Waals surface area contributed by atoms with Gasteiger partial charge in [0.05, 0.1) is 16.7 Å². The number of carbonyl (C=O) groups excluding carboxylic acids is 1. The average Bonchev–Trinajstić information content (AvgIpc) is 3.13. The Morgan fingerprint density at radius 1 is 1.33 bits per heavy atom. The van der Waals surface area contributed by atoms with Gasteiger partial charge >= 0.3 is 0 Å². The van der Waals surface area contributed by atoms with Crippen molar-refractivity contribution >= 4 is 17.2 Å². The van der Waals surface area contributed by atoms with Gasteiger partial charge < -0.3 is 10.2 Å². The maximum Gasteiger partial charge on any atom is 0.226 e. The SMILES string of the molecule is Cc1nc(CN2CCC(C(=O)N3CCNCC3c3cccnc3)CC2)cs1. The summed E-state index contributed by atoms with van der Waals surface area (Å²) < 4.78 is 0. The predicted molar refractivity (Wildman–Crippen MR) is 106 cm³/mol. The summed E-state index contributed by atoms with van der Waals surface area (Å²) in [7, 11) is 0. The van der Waals surface area contributed by atoms with Gasteiger partial charge in [0.1, 0.15) is 0 Å². The van der Waals surface area contributed by atoms with Gasteiger partial charge in [-0.3, -0.25) is 14.7 Å². The number of piperazine rings is 1. The second kappa shape index (κ2) is 8.46. The van der Waals surface area contributed by atoms with Gasteiger partial charge in [-0.15, -0.1) is 11.3 Å². The first-order valence-electron chi connectivity index (χ1n) is 9.75. The molecular formula is C20H27N5OS. The third-order valence-corrected chi connectivity index (χ3v) is 6.41. The van der Waals surface area contributed by atoms with Gasteiger partial charge in [-0.05, 0) is 44.5 Å². The van der Waals surface area contributed by atoms with E-state index in [9.17, 15) is 4.79 Å². The fraction of sp³-hybridized carbons (Fsp3) is 0.550. The molecule has 144 valence electrons. The van der Waals surface area contributed by atoms with E-state index in [-0.39, 0.29) is 12.0 Å². The number of carbonyl (C=O) groups is 1. The Balaban J connectivity index is 1.36. The van der Waals surface area contributed by atoms with Gasteiger partial charge in [-0.2, -0.15) is 0 Å². The minimum absolute atomic E-state index is 0.0935. The quantitative estimate of drug-likeness (QED) is 0.875. The summed E-state index contributed by atoms with van der Waals surface area (Å²) in [5.74, 6) is 0.449. The first-order chi connectivity index (χ1) is 13.2. The molecule has 1 N–H and O–H groups in total. The van der Waals surface area contributed by atoms with Crippen LogP contribution in [0.2, 0.25) is 0 Å². The largest absolute Gasteiger partial charge is 0.333 e. The zero-order valence-corrected chi connectivity index (χ0v) is 16.6. The zero-order chi connectivity index (χ0) is 18.6. The van der Waals surface area contributed by atoms with E-state index in [2.05, 4.69) is 36.5 Å². The van der Waals surface area contributed by atoms with E-state index in [4.69, 9.17) is 0 Å².